The van der Waals surface area contributed by atoms with Crippen molar-refractivity contribution in [2.24, 2.45) is 0 Å². The molecular weight excluding hydrogens is 327 g/mol. The molecular formula is C18H17FN2O2S. The van der Waals surface area contributed by atoms with E-state index in [4.69, 9.17) is 0 Å². The van der Waals surface area contributed by atoms with Crippen molar-refractivity contribution < 1.29 is 14.0 Å². The second-order valence-electron chi connectivity index (χ2n) is 5.63. The second kappa shape index (κ2) is 6.65. The minimum Gasteiger partial charge on any atom is -0.339 e. The number of aryl methyl sites for hydroxylation is 1. The molecule has 2 amide bonds. The van der Waals surface area contributed by atoms with E-state index >= 15 is 0 Å². The Labute approximate surface area is 144 Å². The maximum absolute atomic E-state index is 12.9. The van der Waals surface area contributed by atoms with Crippen molar-refractivity contribution >= 4 is 29.3 Å². The molecule has 4 nitrogen and oxygen atoms in total. The maximum Gasteiger partial charge on any atom is 0.252 e. The van der Waals surface area contributed by atoms with Gasteiger partial charge in [0, 0.05) is 16.1 Å². The largest absolute Gasteiger partial charge is 0.339 e. The summed E-state index contributed by atoms with van der Waals surface area (Å²) in [6.45, 7) is 2.25. The number of rotatable bonds is 4. The van der Waals surface area contributed by atoms with Gasteiger partial charge in [-0.3, -0.25) is 9.59 Å². The fraction of sp³-hybridized carbons (Fsp3) is 0.222. The van der Waals surface area contributed by atoms with E-state index in [2.05, 4.69) is 5.32 Å². The van der Waals surface area contributed by atoms with Crippen LogP contribution in [0.1, 0.15) is 15.9 Å². The van der Waals surface area contributed by atoms with Gasteiger partial charge in [0.05, 0.1) is 6.54 Å². The van der Waals surface area contributed by atoms with E-state index in [1.54, 1.807) is 23.9 Å². The molecule has 124 valence electrons. The van der Waals surface area contributed by atoms with Crippen LogP contribution < -0.4 is 10.2 Å². The number of halogens is 1. The number of β-lactam (4-membered cyclic amide) rings is 1. The van der Waals surface area contributed by atoms with Gasteiger partial charge in [0.1, 0.15) is 11.9 Å². The zero-order valence-electron chi connectivity index (χ0n) is 13.4. The number of hydrogen-bond acceptors (Lipinski definition) is 3. The second-order valence-corrected chi connectivity index (χ2v) is 6.51. The van der Waals surface area contributed by atoms with Gasteiger partial charge in [0.15, 0.2) is 0 Å². The lowest BCUT2D eigenvalue weighted by Gasteiger charge is -2.38. The smallest absolute Gasteiger partial charge is 0.252 e. The van der Waals surface area contributed by atoms with Gasteiger partial charge in [0.2, 0.25) is 0 Å². The van der Waals surface area contributed by atoms with Crippen LogP contribution in [-0.4, -0.2) is 30.7 Å². The van der Waals surface area contributed by atoms with Crippen LogP contribution in [0.5, 0.6) is 0 Å². The minimum atomic E-state index is -0.542. The number of anilines is 1. The molecule has 0 radical (unpaired) electrons. The molecule has 24 heavy (non-hydrogen) atoms. The van der Waals surface area contributed by atoms with Crippen molar-refractivity contribution in [3.8, 4) is 0 Å². The molecule has 6 heteroatoms. The van der Waals surface area contributed by atoms with Crippen LogP contribution in [0.25, 0.3) is 0 Å². The van der Waals surface area contributed by atoms with Gasteiger partial charge in [-0.15, -0.1) is 11.8 Å². The molecule has 1 heterocycles. The summed E-state index contributed by atoms with van der Waals surface area (Å²) >= 11 is 1.56. The number of thioether (sulfide) groups is 1. The standard InChI is InChI=1S/C18H17FN2O2S/c1-11-3-8-14(24-2)9-15(11)17(22)20-16-10-21(18(16)23)13-6-4-12(19)5-7-13/h3-9,16H,10H2,1-2H3,(H,20,22)/t16-/m0/s1. The number of nitrogens with one attached hydrogen (secondary N) is 1. The predicted octanol–water partition coefficient (Wildman–Crippen LogP) is 3.00. The average molecular weight is 344 g/mol. The molecule has 1 aliphatic rings. The molecule has 1 aliphatic heterocycles. The van der Waals surface area contributed by atoms with E-state index in [9.17, 15) is 14.0 Å². The first-order valence-electron chi connectivity index (χ1n) is 7.52. The average Bonchev–Trinajstić information content (AvgIpc) is 2.59. The molecule has 1 atom stereocenters. The van der Waals surface area contributed by atoms with Gasteiger partial charge in [-0.2, -0.15) is 0 Å². The highest BCUT2D eigenvalue weighted by Crippen LogP contribution is 2.23. The Bertz CT molecular complexity index is 792. The van der Waals surface area contributed by atoms with E-state index in [-0.39, 0.29) is 17.6 Å². The first-order chi connectivity index (χ1) is 11.5. The molecule has 0 aromatic heterocycles. The van der Waals surface area contributed by atoms with Crippen molar-refractivity contribution in [1.29, 1.82) is 0 Å². The van der Waals surface area contributed by atoms with Crippen LogP contribution in [0, 0.1) is 12.7 Å². The van der Waals surface area contributed by atoms with Gasteiger partial charge >= 0.3 is 0 Å². The van der Waals surface area contributed by atoms with E-state index in [0.717, 1.165) is 10.5 Å². The summed E-state index contributed by atoms with van der Waals surface area (Å²) in [6.07, 6.45) is 1.95. The molecule has 1 N–H and O–H groups in total. The molecule has 0 bridgehead atoms. The molecule has 2 aromatic carbocycles. The summed E-state index contributed by atoms with van der Waals surface area (Å²) in [5.41, 5.74) is 2.08. The lowest BCUT2D eigenvalue weighted by atomic mass is 10.0. The Morgan fingerprint density at radius 3 is 2.58 bits per heavy atom. The predicted molar refractivity (Wildman–Crippen MR) is 93.0 cm³/mol. The highest BCUT2D eigenvalue weighted by atomic mass is 32.2. The summed E-state index contributed by atoms with van der Waals surface area (Å²) in [5, 5.41) is 2.77. The van der Waals surface area contributed by atoms with Gasteiger partial charge < -0.3 is 10.2 Å². The molecule has 0 spiro atoms. The zero-order valence-corrected chi connectivity index (χ0v) is 14.2. The summed E-state index contributed by atoms with van der Waals surface area (Å²) in [6, 6.07) is 10.9. The van der Waals surface area contributed by atoms with Gasteiger partial charge in [-0.25, -0.2) is 4.39 Å². The molecule has 1 fully saturated rings. The van der Waals surface area contributed by atoms with Crippen LogP contribution in [-0.2, 0) is 4.79 Å². The number of amides is 2. The highest BCUT2D eigenvalue weighted by Gasteiger charge is 2.38. The Morgan fingerprint density at radius 1 is 1.25 bits per heavy atom. The first-order valence-corrected chi connectivity index (χ1v) is 8.74. The number of benzene rings is 2. The lowest BCUT2D eigenvalue weighted by molar-refractivity contribution is -0.124. The van der Waals surface area contributed by atoms with Crippen LogP contribution in [0.2, 0.25) is 0 Å². The van der Waals surface area contributed by atoms with E-state index in [1.165, 1.54) is 17.0 Å². The van der Waals surface area contributed by atoms with Gasteiger partial charge in [0.25, 0.3) is 11.8 Å². The fourth-order valence-corrected chi connectivity index (χ4v) is 3.04. The number of carbonyl (C=O) groups is 2. The number of nitrogens with zero attached hydrogens (tertiary/aromatic N) is 1. The van der Waals surface area contributed by atoms with Gasteiger partial charge in [-0.1, -0.05) is 6.07 Å². The molecule has 0 saturated carbocycles. The lowest BCUT2D eigenvalue weighted by Crippen LogP contribution is -2.64. The molecule has 0 aliphatic carbocycles. The molecule has 2 aromatic rings. The topological polar surface area (TPSA) is 49.4 Å². The third kappa shape index (κ3) is 3.14. The van der Waals surface area contributed by atoms with E-state index in [1.807, 2.05) is 31.4 Å². The van der Waals surface area contributed by atoms with Crippen molar-refractivity contribution in [2.45, 2.75) is 17.9 Å². The molecule has 1 saturated heterocycles. The van der Waals surface area contributed by atoms with E-state index in [0.29, 0.717) is 17.8 Å². The maximum atomic E-state index is 12.9. The Kier molecular flexibility index (Phi) is 4.57. The SMILES string of the molecule is CSc1ccc(C)c(C(=O)N[C@H]2CN(c3ccc(F)cc3)C2=O)c1. The Balaban J connectivity index is 1.67. The normalized spacial score (nSPS) is 16.7. The number of carbonyl (C=O) groups excluding carboxylic acids is 2. The van der Waals surface area contributed by atoms with E-state index < -0.39 is 6.04 Å². The Morgan fingerprint density at radius 2 is 1.96 bits per heavy atom. The van der Waals surface area contributed by atoms with Crippen molar-refractivity contribution in [2.75, 3.05) is 17.7 Å². The summed E-state index contributed by atoms with van der Waals surface area (Å²) < 4.78 is 12.9. The highest BCUT2D eigenvalue weighted by molar-refractivity contribution is 7.98. The Hall–Kier alpha value is -2.34. The summed E-state index contributed by atoms with van der Waals surface area (Å²) in [7, 11) is 0. The van der Waals surface area contributed by atoms with Crippen LogP contribution in [0.4, 0.5) is 10.1 Å². The first kappa shape index (κ1) is 16.5. The third-order valence-electron chi connectivity index (χ3n) is 4.06. The van der Waals surface area contributed by atoms with Gasteiger partial charge in [-0.05, 0) is 55.1 Å². The zero-order chi connectivity index (χ0) is 17.3. The third-order valence-corrected chi connectivity index (χ3v) is 4.79. The summed E-state index contributed by atoms with van der Waals surface area (Å²) in [5.74, 6) is -0.783. The fourth-order valence-electron chi connectivity index (χ4n) is 2.60. The molecule has 0 unspecified atom stereocenters. The monoisotopic (exact) mass is 344 g/mol. The van der Waals surface area contributed by atoms with Crippen molar-refractivity contribution in [3.63, 3.8) is 0 Å². The quantitative estimate of drug-likeness (QED) is 0.685. The number of hydrogen-bond donors (Lipinski definition) is 1. The van der Waals surface area contributed by atoms with Crippen LogP contribution >= 0.6 is 11.8 Å². The molecule has 3 rings (SSSR count). The van der Waals surface area contributed by atoms with Crippen molar-refractivity contribution in [3.05, 3.63) is 59.4 Å². The van der Waals surface area contributed by atoms with Crippen LogP contribution in [0.15, 0.2) is 47.4 Å². The minimum absolute atomic E-state index is 0.186. The summed E-state index contributed by atoms with van der Waals surface area (Å²) in [4.78, 5) is 27.2. The van der Waals surface area contributed by atoms with Crippen LogP contribution in [0.3, 0.4) is 0 Å². The van der Waals surface area contributed by atoms with Crippen molar-refractivity contribution in [1.82, 2.24) is 5.32 Å².